The largest absolute Gasteiger partial charge is 0.0879 e. The first-order chi connectivity index (χ1) is 18.6. The van der Waals surface area contributed by atoms with Crippen molar-refractivity contribution in [2.75, 3.05) is 0 Å². The quantitative estimate of drug-likeness (QED) is 0.242. The van der Waals surface area contributed by atoms with Gasteiger partial charge < -0.3 is 0 Å². The lowest BCUT2D eigenvalue weighted by molar-refractivity contribution is 0.553. The molecule has 0 atom stereocenters. The summed E-state index contributed by atoms with van der Waals surface area (Å²) in [5.74, 6) is 0. The molecule has 0 aliphatic heterocycles. The highest BCUT2D eigenvalue weighted by Crippen LogP contribution is 2.36. The van der Waals surface area contributed by atoms with Crippen LogP contribution >= 0.6 is 16.4 Å². The number of rotatable bonds is 3. The molecule has 0 saturated heterocycles. The van der Waals surface area contributed by atoms with Crippen LogP contribution in [0.25, 0.3) is 0 Å². The highest BCUT2D eigenvalue weighted by Gasteiger charge is 2.30. The van der Waals surface area contributed by atoms with Gasteiger partial charge in [0.05, 0.1) is 0 Å². The van der Waals surface area contributed by atoms with Gasteiger partial charge in [-0.1, -0.05) is 160 Å². The van der Waals surface area contributed by atoms with Crippen molar-refractivity contribution in [3.05, 3.63) is 69.8 Å². The topological polar surface area (TPSA) is 0 Å². The highest BCUT2D eigenvalue weighted by molar-refractivity contribution is 7.47. The Balaban J connectivity index is 2.76. The molecule has 230 valence electrons. The van der Waals surface area contributed by atoms with Gasteiger partial charge >= 0.3 is 0 Å². The van der Waals surface area contributed by atoms with E-state index in [-0.39, 0.29) is 32.5 Å². The molecule has 2 aromatic carbocycles. The fourth-order valence-electron chi connectivity index (χ4n) is 4.94. The summed E-state index contributed by atoms with van der Waals surface area (Å²) in [5, 5.41) is 2.79. The maximum Gasteiger partial charge on any atom is 0.0171 e. The molecule has 0 aromatic heterocycles. The first-order valence-electron chi connectivity index (χ1n) is 15.6. The van der Waals surface area contributed by atoms with Crippen molar-refractivity contribution in [3.8, 4) is 0 Å². The molecule has 0 heterocycles. The zero-order valence-electron chi connectivity index (χ0n) is 30.4. The molecule has 2 heteroatoms. The van der Waals surface area contributed by atoms with E-state index >= 15 is 0 Å². The van der Waals surface area contributed by atoms with E-state index in [1.165, 1.54) is 44.0 Å². The van der Waals surface area contributed by atoms with Crippen molar-refractivity contribution in [2.45, 2.75) is 157 Å². The van der Waals surface area contributed by atoms with Crippen molar-refractivity contribution in [1.82, 2.24) is 0 Å². The predicted molar refractivity (Wildman–Crippen MR) is 197 cm³/mol. The van der Waals surface area contributed by atoms with E-state index in [4.69, 9.17) is 0 Å². The average Bonchev–Trinajstić information content (AvgIpc) is 2.76. The maximum absolute atomic E-state index is 3.61. The van der Waals surface area contributed by atoms with Crippen molar-refractivity contribution in [1.29, 1.82) is 0 Å². The summed E-state index contributed by atoms with van der Waals surface area (Å²) < 4.78 is 0. The normalized spacial score (nSPS) is 13.7. The molecule has 0 radical (unpaired) electrons. The second-order valence-corrected chi connectivity index (χ2v) is 20.0. The van der Waals surface area contributed by atoms with E-state index in [0.717, 1.165) is 16.4 Å². The van der Waals surface area contributed by atoms with Crippen LogP contribution in [0.15, 0.2) is 36.4 Å². The SMILES string of the molecule is CC(C)(C)c1cc(C(C)(C)C)c(P=C=CC=C=Pc2c(C(C)(C)C)cc(C(C)(C)C)cc2C(C)(C)C)c(C(C)(C)C)c1. The van der Waals surface area contributed by atoms with E-state index in [0.29, 0.717) is 0 Å². The Bertz CT molecular complexity index is 1230. The summed E-state index contributed by atoms with van der Waals surface area (Å²) in [4.78, 5) is 0. The van der Waals surface area contributed by atoms with Crippen LogP contribution in [0.1, 0.15) is 158 Å². The minimum absolute atomic E-state index is 0.0534. The van der Waals surface area contributed by atoms with Crippen molar-refractivity contribution >= 4 is 37.9 Å². The van der Waals surface area contributed by atoms with Crippen LogP contribution in [0.3, 0.4) is 0 Å². The van der Waals surface area contributed by atoms with E-state index in [2.05, 4.69) is 172 Å². The van der Waals surface area contributed by atoms with Gasteiger partial charge in [0.1, 0.15) is 0 Å². The molecule has 0 saturated carbocycles. The summed E-state index contributed by atoms with van der Waals surface area (Å²) in [6.07, 6.45) is 4.14. The third kappa shape index (κ3) is 9.42. The van der Waals surface area contributed by atoms with Crippen molar-refractivity contribution < 1.29 is 0 Å². The number of hydrogen-bond acceptors (Lipinski definition) is 0. The molecule has 0 nitrogen and oxygen atoms in total. The second-order valence-electron chi connectivity index (χ2n) is 18.2. The highest BCUT2D eigenvalue weighted by atomic mass is 31.1. The Labute approximate surface area is 264 Å². The lowest BCUT2D eigenvalue weighted by Gasteiger charge is -2.32. The van der Waals surface area contributed by atoms with Gasteiger partial charge in [0.2, 0.25) is 0 Å². The number of hydrogen-bond donors (Lipinski definition) is 0. The van der Waals surface area contributed by atoms with Crippen LogP contribution in [0.5, 0.6) is 0 Å². The molecule has 2 rings (SSSR count). The smallest absolute Gasteiger partial charge is 0.0171 e. The van der Waals surface area contributed by atoms with Crippen LogP contribution in [0.2, 0.25) is 0 Å². The fourth-order valence-corrected chi connectivity index (χ4v) is 7.58. The summed E-state index contributed by atoms with van der Waals surface area (Å²) in [6, 6.07) is 9.79. The third-order valence-electron chi connectivity index (χ3n) is 7.77. The molecular weight excluding hydrogens is 542 g/mol. The van der Waals surface area contributed by atoms with Crippen LogP contribution in [-0.2, 0) is 32.5 Å². The molecule has 0 bridgehead atoms. The first-order valence-corrected chi connectivity index (χ1v) is 17.4. The van der Waals surface area contributed by atoms with Gasteiger partial charge in [-0.05, 0) is 94.4 Å². The fraction of sp³-hybridized carbons (Fsp3) is 0.600. The van der Waals surface area contributed by atoms with Gasteiger partial charge in [0, 0.05) is 10.6 Å². The molecule has 0 amide bonds. The lowest BCUT2D eigenvalue weighted by atomic mass is 9.75. The Hall–Kier alpha value is -1.66. The van der Waals surface area contributed by atoms with Crippen LogP contribution in [-0.4, -0.2) is 10.9 Å². The monoisotopic (exact) mass is 602 g/mol. The Morgan fingerprint density at radius 1 is 0.381 bits per heavy atom. The third-order valence-corrected chi connectivity index (χ3v) is 9.74. The predicted octanol–water partition coefficient (Wildman–Crippen LogP) is 11.2. The molecule has 0 fully saturated rings. The Morgan fingerprint density at radius 2 is 0.595 bits per heavy atom. The van der Waals surface area contributed by atoms with Gasteiger partial charge in [-0.15, -0.1) is 0 Å². The van der Waals surface area contributed by atoms with E-state index in [1.54, 1.807) is 0 Å². The molecule has 42 heavy (non-hydrogen) atoms. The van der Waals surface area contributed by atoms with Crippen LogP contribution < -0.4 is 10.6 Å². The molecule has 0 aliphatic carbocycles. The first kappa shape index (κ1) is 36.5. The molecule has 2 aromatic rings. The zero-order chi connectivity index (χ0) is 32.7. The molecule has 0 unspecified atom stereocenters. The summed E-state index contributed by atoms with van der Waals surface area (Å²) >= 11 is 0. The Kier molecular flexibility index (Phi) is 10.8. The van der Waals surface area contributed by atoms with E-state index in [1.807, 2.05) is 0 Å². The van der Waals surface area contributed by atoms with Crippen LogP contribution in [0.4, 0.5) is 0 Å². The van der Waals surface area contributed by atoms with Gasteiger partial charge in [-0.2, -0.15) is 0 Å². The summed E-state index contributed by atoms with van der Waals surface area (Å²) in [6.45, 7) is 41.9. The van der Waals surface area contributed by atoms with Gasteiger partial charge in [0.15, 0.2) is 0 Å². The number of allylic oxidation sites excluding steroid dienone is 2. The lowest BCUT2D eigenvalue weighted by Crippen LogP contribution is -2.29. The standard InChI is InChI=1S/C40H60P2/c1-35(2,3)27-23-29(37(7,8)9)33(30(24-27)38(10,11)12)41-21-19-20-22-42-34-31(39(13,14)15)25-28(36(4,5)6)26-32(34)40(16,17)18/h19-20,23-26H,1-18H3. The van der Waals surface area contributed by atoms with Gasteiger partial charge in [-0.25, -0.2) is 0 Å². The summed E-state index contributed by atoms with van der Waals surface area (Å²) in [5.41, 5.74) is 16.2. The maximum atomic E-state index is 3.61. The minimum atomic E-state index is 0.0534. The molecular formula is C40H60P2. The van der Waals surface area contributed by atoms with Gasteiger partial charge in [0.25, 0.3) is 0 Å². The average molecular weight is 603 g/mol. The van der Waals surface area contributed by atoms with E-state index < -0.39 is 0 Å². The second kappa shape index (κ2) is 12.4. The summed E-state index contributed by atoms with van der Waals surface area (Å²) in [7, 11) is 2.23. The molecule has 0 aliphatic rings. The Morgan fingerprint density at radius 3 is 0.762 bits per heavy atom. The van der Waals surface area contributed by atoms with Crippen LogP contribution in [0, 0.1) is 0 Å². The van der Waals surface area contributed by atoms with Gasteiger partial charge in [-0.3, -0.25) is 0 Å². The van der Waals surface area contributed by atoms with Crippen molar-refractivity contribution in [2.24, 2.45) is 0 Å². The van der Waals surface area contributed by atoms with E-state index in [9.17, 15) is 0 Å². The molecule has 0 N–H and O–H groups in total. The van der Waals surface area contributed by atoms with Crippen molar-refractivity contribution in [3.63, 3.8) is 0 Å². The minimum Gasteiger partial charge on any atom is -0.0879 e. The number of benzene rings is 2. The molecule has 0 spiro atoms. The zero-order valence-corrected chi connectivity index (χ0v) is 32.1.